The number of carbonyl (C=O) groups excluding carboxylic acids is 1. The smallest absolute Gasteiger partial charge is 0.278 e. The molecular weight excluding hydrogens is 166 g/mol. The third kappa shape index (κ3) is 1.12. The van der Waals surface area contributed by atoms with Crippen LogP contribution in [0.1, 0.15) is 10.4 Å². The maximum Gasteiger partial charge on any atom is 0.278 e. The molecule has 0 aliphatic carbocycles. The minimum absolute atomic E-state index is 0.334. The number of aromatic amines is 1. The van der Waals surface area contributed by atoms with Crippen LogP contribution in [0.25, 0.3) is 11.0 Å². The third-order valence-corrected chi connectivity index (χ3v) is 1.83. The van der Waals surface area contributed by atoms with Gasteiger partial charge in [-0.1, -0.05) is 0 Å². The molecular formula is C9H7N3O. The lowest BCUT2D eigenvalue weighted by molar-refractivity contribution is 0.101. The fourth-order valence-corrected chi connectivity index (χ4v) is 1.22. The van der Waals surface area contributed by atoms with Gasteiger partial charge < -0.3 is 4.98 Å². The molecule has 0 saturated carbocycles. The molecule has 4 heteroatoms. The molecule has 0 spiro atoms. The van der Waals surface area contributed by atoms with Gasteiger partial charge in [0, 0.05) is 17.8 Å². The highest BCUT2D eigenvalue weighted by Crippen LogP contribution is 2.15. The molecule has 0 saturated heterocycles. The van der Waals surface area contributed by atoms with E-state index in [1.165, 1.54) is 0 Å². The van der Waals surface area contributed by atoms with Crippen LogP contribution in [-0.2, 0) is 0 Å². The summed E-state index contributed by atoms with van der Waals surface area (Å²) in [6, 6.07) is 3.59. The molecule has 2 aromatic rings. The van der Waals surface area contributed by atoms with E-state index in [0.29, 0.717) is 11.2 Å². The summed E-state index contributed by atoms with van der Waals surface area (Å²) in [5.74, 6) is -0.334. The monoisotopic (exact) mass is 173 g/mol. The van der Waals surface area contributed by atoms with Gasteiger partial charge in [-0.05, 0) is 18.9 Å². The molecule has 1 N–H and O–H groups in total. The fourth-order valence-electron chi connectivity index (χ4n) is 1.22. The summed E-state index contributed by atoms with van der Waals surface area (Å²) < 4.78 is 0. The van der Waals surface area contributed by atoms with Crippen molar-refractivity contribution in [3.8, 4) is 0 Å². The quantitative estimate of drug-likeness (QED) is 0.662. The summed E-state index contributed by atoms with van der Waals surface area (Å²) in [6.45, 7) is 3.19. The van der Waals surface area contributed by atoms with Gasteiger partial charge in [0.15, 0.2) is 0 Å². The Morgan fingerprint density at radius 3 is 3.23 bits per heavy atom. The highest BCUT2D eigenvalue weighted by atomic mass is 16.1. The molecule has 13 heavy (non-hydrogen) atoms. The SMILES string of the molecule is C=NC(=O)c1c[nH]c2ncccc12. The molecule has 0 bridgehead atoms. The number of hydrogen-bond donors (Lipinski definition) is 1. The second-order valence-corrected chi connectivity index (χ2v) is 2.57. The number of fused-ring (bicyclic) bond motifs is 1. The largest absolute Gasteiger partial charge is 0.345 e. The number of aromatic nitrogens is 2. The van der Waals surface area contributed by atoms with Crippen molar-refractivity contribution in [1.29, 1.82) is 0 Å². The van der Waals surface area contributed by atoms with Crippen molar-refractivity contribution in [2.75, 3.05) is 0 Å². The number of pyridine rings is 1. The number of carbonyl (C=O) groups is 1. The summed E-state index contributed by atoms with van der Waals surface area (Å²) >= 11 is 0. The van der Waals surface area contributed by atoms with Gasteiger partial charge in [-0.2, -0.15) is 0 Å². The van der Waals surface area contributed by atoms with Crippen LogP contribution in [0.3, 0.4) is 0 Å². The van der Waals surface area contributed by atoms with E-state index in [-0.39, 0.29) is 5.91 Å². The topological polar surface area (TPSA) is 58.1 Å². The molecule has 0 radical (unpaired) electrons. The Morgan fingerprint density at radius 1 is 1.62 bits per heavy atom. The first-order chi connectivity index (χ1) is 6.33. The lowest BCUT2D eigenvalue weighted by Gasteiger charge is -1.89. The van der Waals surface area contributed by atoms with Crippen molar-refractivity contribution in [3.05, 3.63) is 30.1 Å². The molecule has 0 unspecified atom stereocenters. The van der Waals surface area contributed by atoms with Crippen LogP contribution in [0, 0.1) is 0 Å². The van der Waals surface area contributed by atoms with Gasteiger partial charge >= 0.3 is 0 Å². The first-order valence-electron chi connectivity index (χ1n) is 3.76. The van der Waals surface area contributed by atoms with Crippen LogP contribution < -0.4 is 0 Å². The Hall–Kier alpha value is -1.97. The van der Waals surface area contributed by atoms with E-state index in [0.717, 1.165) is 5.39 Å². The lowest BCUT2D eigenvalue weighted by atomic mass is 10.2. The van der Waals surface area contributed by atoms with Crippen LogP contribution in [0.2, 0.25) is 0 Å². The molecule has 2 aromatic heterocycles. The highest BCUT2D eigenvalue weighted by Gasteiger charge is 2.09. The zero-order valence-electron chi connectivity index (χ0n) is 6.82. The molecule has 0 aromatic carbocycles. The molecule has 0 aliphatic rings. The van der Waals surface area contributed by atoms with E-state index in [2.05, 4.69) is 21.7 Å². The standard InChI is InChI=1S/C9H7N3O/c1-10-9(13)7-5-12-8-6(7)3-2-4-11-8/h2-5H,1H2,(H,11,12). The number of nitrogens with zero attached hydrogens (tertiary/aromatic N) is 2. The predicted octanol–water partition coefficient (Wildman–Crippen LogP) is 1.40. The van der Waals surface area contributed by atoms with Crippen LogP contribution in [0.5, 0.6) is 0 Å². The van der Waals surface area contributed by atoms with Gasteiger partial charge in [-0.3, -0.25) is 4.79 Å². The molecule has 0 atom stereocenters. The van der Waals surface area contributed by atoms with Crippen LogP contribution in [-0.4, -0.2) is 22.6 Å². The highest BCUT2D eigenvalue weighted by molar-refractivity contribution is 6.07. The number of hydrogen-bond acceptors (Lipinski definition) is 2. The minimum Gasteiger partial charge on any atom is -0.345 e. The van der Waals surface area contributed by atoms with Crippen molar-refractivity contribution in [1.82, 2.24) is 9.97 Å². The molecule has 64 valence electrons. The summed E-state index contributed by atoms with van der Waals surface area (Å²) in [5.41, 5.74) is 1.20. The van der Waals surface area contributed by atoms with Crippen LogP contribution >= 0.6 is 0 Å². The molecule has 4 nitrogen and oxygen atoms in total. The van der Waals surface area contributed by atoms with E-state index in [1.807, 2.05) is 6.07 Å². The van der Waals surface area contributed by atoms with Crippen molar-refractivity contribution in [3.63, 3.8) is 0 Å². The van der Waals surface area contributed by atoms with E-state index in [4.69, 9.17) is 0 Å². The third-order valence-electron chi connectivity index (χ3n) is 1.83. The van der Waals surface area contributed by atoms with Gasteiger partial charge in [-0.25, -0.2) is 9.98 Å². The molecule has 2 rings (SSSR count). The van der Waals surface area contributed by atoms with E-state index in [9.17, 15) is 4.79 Å². The van der Waals surface area contributed by atoms with Crippen molar-refractivity contribution in [2.24, 2.45) is 4.99 Å². The summed E-state index contributed by atoms with van der Waals surface area (Å²) in [7, 11) is 0. The van der Waals surface area contributed by atoms with Gasteiger partial charge in [0.2, 0.25) is 0 Å². The maximum atomic E-state index is 11.2. The molecule has 0 fully saturated rings. The van der Waals surface area contributed by atoms with Crippen molar-refractivity contribution >= 4 is 23.7 Å². The van der Waals surface area contributed by atoms with E-state index < -0.39 is 0 Å². The van der Waals surface area contributed by atoms with E-state index in [1.54, 1.807) is 18.5 Å². The van der Waals surface area contributed by atoms with Crippen LogP contribution in [0.15, 0.2) is 29.5 Å². The first kappa shape index (κ1) is 7.67. The van der Waals surface area contributed by atoms with Gasteiger partial charge in [0.05, 0.1) is 5.56 Å². The Balaban J connectivity index is 2.71. The van der Waals surface area contributed by atoms with Crippen molar-refractivity contribution < 1.29 is 4.79 Å². The Morgan fingerprint density at radius 2 is 2.46 bits per heavy atom. The normalized spacial score (nSPS) is 10.2. The first-order valence-corrected chi connectivity index (χ1v) is 3.76. The summed E-state index contributed by atoms with van der Waals surface area (Å²) in [6.07, 6.45) is 3.25. The number of nitrogens with one attached hydrogen (secondary N) is 1. The zero-order chi connectivity index (χ0) is 9.26. The Labute approximate surface area is 74.3 Å². The summed E-state index contributed by atoms with van der Waals surface area (Å²) in [4.78, 5) is 21.5. The minimum atomic E-state index is -0.334. The van der Waals surface area contributed by atoms with Gasteiger partial charge in [0.25, 0.3) is 5.91 Å². The second kappa shape index (κ2) is 2.82. The lowest BCUT2D eigenvalue weighted by Crippen LogP contribution is -1.91. The van der Waals surface area contributed by atoms with Gasteiger partial charge in [-0.15, -0.1) is 0 Å². The average molecular weight is 173 g/mol. The maximum absolute atomic E-state index is 11.2. The number of rotatable bonds is 1. The van der Waals surface area contributed by atoms with Crippen molar-refractivity contribution in [2.45, 2.75) is 0 Å². The predicted molar refractivity (Wildman–Crippen MR) is 50.0 cm³/mol. The number of aliphatic imine (C=N–C) groups is 1. The van der Waals surface area contributed by atoms with Gasteiger partial charge in [0.1, 0.15) is 5.65 Å². The molecule has 0 aliphatic heterocycles. The second-order valence-electron chi connectivity index (χ2n) is 2.57. The van der Waals surface area contributed by atoms with Crippen LogP contribution in [0.4, 0.5) is 0 Å². The Bertz CT molecular complexity index is 472. The number of amides is 1. The zero-order valence-corrected chi connectivity index (χ0v) is 6.82. The average Bonchev–Trinajstić information content (AvgIpc) is 2.60. The number of H-pyrrole nitrogens is 1. The van der Waals surface area contributed by atoms with E-state index >= 15 is 0 Å². The fraction of sp³-hybridized carbons (Fsp3) is 0. The summed E-state index contributed by atoms with van der Waals surface area (Å²) in [5, 5.41) is 0.778. The molecule has 1 amide bonds. The molecule has 2 heterocycles. The Kier molecular flexibility index (Phi) is 1.66.